The Kier molecular flexibility index (Phi) is 5.54. The molecule has 0 spiro atoms. The van der Waals surface area contributed by atoms with E-state index in [0.717, 1.165) is 18.9 Å². The van der Waals surface area contributed by atoms with Crippen molar-refractivity contribution >= 4 is 23.5 Å². The number of H-pyrrole nitrogens is 1. The van der Waals surface area contributed by atoms with Gasteiger partial charge in [0.15, 0.2) is 5.82 Å². The first-order valence-electron chi connectivity index (χ1n) is 12.0. The number of alkyl carbamates (subject to hydrolysis) is 1. The number of benzene rings is 1. The van der Waals surface area contributed by atoms with E-state index in [-0.39, 0.29) is 11.1 Å². The largest absolute Gasteiger partial charge is 0.443 e. The summed E-state index contributed by atoms with van der Waals surface area (Å²) in [7, 11) is 0. The van der Waals surface area contributed by atoms with E-state index in [4.69, 9.17) is 4.74 Å². The standard InChI is InChI=1S/C25H24F3N7O2/c1-25(4-5-25)32-24(36)37-19-3-2-16(22(19)28)18-11-20(34-33-18)31-23-30-17(12-21-29-6-7-35(21)23)13-8-14(26)10-15(27)9-13/h6-12,16,19,22H,2-5H2,1H3,(H,32,36)(H2,30,31,33,34)/t16-,19-,22-/m1/s1. The number of nitrogens with one attached hydrogen (secondary N) is 3. The third-order valence-electron chi connectivity index (χ3n) is 6.95. The van der Waals surface area contributed by atoms with Crippen molar-refractivity contribution in [3.63, 3.8) is 0 Å². The smallest absolute Gasteiger partial charge is 0.407 e. The van der Waals surface area contributed by atoms with Crippen LogP contribution < -0.4 is 10.6 Å². The third-order valence-corrected chi connectivity index (χ3v) is 6.95. The Bertz CT molecular complexity index is 1460. The highest BCUT2D eigenvalue weighted by Crippen LogP contribution is 2.39. The molecule has 12 heteroatoms. The van der Waals surface area contributed by atoms with Crippen LogP contribution in [0.2, 0.25) is 0 Å². The van der Waals surface area contributed by atoms with E-state index < -0.39 is 35.9 Å². The normalized spacial score (nSPS) is 22.2. The lowest BCUT2D eigenvalue weighted by molar-refractivity contribution is 0.0546. The molecule has 0 unspecified atom stereocenters. The molecule has 3 heterocycles. The van der Waals surface area contributed by atoms with E-state index in [2.05, 4.69) is 30.8 Å². The van der Waals surface area contributed by atoms with Crippen molar-refractivity contribution in [3.8, 4) is 11.3 Å². The van der Waals surface area contributed by atoms with E-state index in [1.54, 1.807) is 28.9 Å². The second-order valence-electron chi connectivity index (χ2n) is 9.87. The maximum Gasteiger partial charge on any atom is 0.407 e. The Morgan fingerprint density at radius 2 is 1.95 bits per heavy atom. The van der Waals surface area contributed by atoms with Crippen LogP contribution >= 0.6 is 0 Å². The van der Waals surface area contributed by atoms with Gasteiger partial charge in [-0.1, -0.05) is 0 Å². The van der Waals surface area contributed by atoms with Gasteiger partial charge in [0, 0.05) is 53.3 Å². The number of carbonyl (C=O) groups is 1. The molecule has 6 rings (SSSR count). The topological polar surface area (TPSA) is 109 Å². The number of alkyl halides is 1. The fraction of sp³-hybridized carbons (Fsp3) is 0.360. The molecule has 0 aliphatic heterocycles. The third kappa shape index (κ3) is 4.70. The highest BCUT2D eigenvalue weighted by Gasteiger charge is 2.43. The van der Waals surface area contributed by atoms with Gasteiger partial charge in [0.1, 0.15) is 29.6 Å². The number of anilines is 2. The molecule has 192 valence electrons. The predicted molar refractivity (Wildman–Crippen MR) is 128 cm³/mol. The molecule has 2 fully saturated rings. The van der Waals surface area contributed by atoms with Gasteiger partial charge in [-0.2, -0.15) is 5.10 Å². The van der Waals surface area contributed by atoms with Crippen LogP contribution in [-0.4, -0.2) is 48.5 Å². The lowest BCUT2D eigenvalue weighted by Gasteiger charge is -2.19. The quantitative estimate of drug-likeness (QED) is 0.336. The molecule has 1 amide bonds. The van der Waals surface area contributed by atoms with Crippen molar-refractivity contribution in [1.82, 2.24) is 29.9 Å². The van der Waals surface area contributed by atoms with Crippen molar-refractivity contribution in [2.75, 3.05) is 5.32 Å². The van der Waals surface area contributed by atoms with Crippen molar-refractivity contribution in [2.24, 2.45) is 0 Å². The van der Waals surface area contributed by atoms with Crippen LogP contribution in [0.25, 0.3) is 16.9 Å². The van der Waals surface area contributed by atoms with E-state index >= 15 is 4.39 Å². The molecule has 2 aliphatic rings. The molecule has 0 bridgehead atoms. The van der Waals surface area contributed by atoms with Gasteiger partial charge in [-0.05, 0) is 44.7 Å². The molecule has 0 saturated heterocycles. The summed E-state index contributed by atoms with van der Waals surface area (Å²) in [6.07, 6.45) is 3.12. The van der Waals surface area contributed by atoms with Gasteiger partial charge in [-0.15, -0.1) is 0 Å². The molecule has 3 atom stereocenters. The van der Waals surface area contributed by atoms with E-state index in [1.165, 1.54) is 12.1 Å². The number of rotatable bonds is 6. The van der Waals surface area contributed by atoms with E-state index in [0.29, 0.717) is 41.6 Å². The SMILES string of the molecule is CC1(NC(=O)O[C@@H]2CC[C@H](c3cc(Nc4nc(-c5cc(F)cc(F)c5)cc5nccn45)n[nH]3)[C@H]2F)CC1. The zero-order valence-electron chi connectivity index (χ0n) is 19.8. The minimum Gasteiger partial charge on any atom is -0.443 e. The highest BCUT2D eigenvalue weighted by atomic mass is 19.1. The number of carbonyl (C=O) groups excluding carboxylic acids is 1. The highest BCUT2D eigenvalue weighted by molar-refractivity contribution is 5.69. The molecule has 3 aromatic heterocycles. The molecule has 2 aliphatic carbocycles. The Hall–Kier alpha value is -4.09. The number of halogens is 3. The number of aromatic nitrogens is 5. The summed E-state index contributed by atoms with van der Waals surface area (Å²) in [6.45, 7) is 1.93. The number of hydrogen-bond donors (Lipinski definition) is 3. The second-order valence-corrected chi connectivity index (χ2v) is 9.87. The zero-order chi connectivity index (χ0) is 25.7. The predicted octanol–water partition coefficient (Wildman–Crippen LogP) is 5.00. The van der Waals surface area contributed by atoms with Crippen LogP contribution in [0.5, 0.6) is 0 Å². The Morgan fingerprint density at radius 3 is 2.70 bits per heavy atom. The summed E-state index contributed by atoms with van der Waals surface area (Å²) in [5, 5.41) is 13.0. The summed E-state index contributed by atoms with van der Waals surface area (Å²) < 4.78 is 49.8. The summed E-state index contributed by atoms with van der Waals surface area (Å²) in [6, 6.07) is 6.45. The number of hydrogen-bond acceptors (Lipinski definition) is 6. The molecule has 9 nitrogen and oxygen atoms in total. The van der Waals surface area contributed by atoms with Gasteiger partial charge in [0.2, 0.25) is 5.95 Å². The molecule has 3 N–H and O–H groups in total. The number of ether oxygens (including phenoxy) is 1. The molecule has 4 aromatic rings. The van der Waals surface area contributed by atoms with Crippen LogP contribution in [0.15, 0.2) is 42.7 Å². The van der Waals surface area contributed by atoms with Crippen LogP contribution in [0.1, 0.15) is 44.2 Å². The molecular weight excluding hydrogens is 487 g/mol. The number of imidazole rings is 1. The average Bonchev–Trinajstić information content (AvgIpc) is 3.22. The van der Waals surface area contributed by atoms with Gasteiger partial charge in [-0.25, -0.2) is 27.9 Å². The maximum atomic E-state index is 15.2. The monoisotopic (exact) mass is 511 g/mol. The van der Waals surface area contributed by atoms with Crippen LogP contribution in [0, 0.1) is 11.6 Å². The summed E-state index contributed by atoms with van der Waals surface area (Å²) in [5.74, 6) is -1.27. The van der Waals surface area contributed by atoms with Gasteiger partial charge >= 0.3 is 6.09 Å². The lowest BCUT2D eigenvalue weighted by Crippen LogP contribution is -2.38. The van der Waals surface area contributed by atoms with Crippen LogP contribution in [-0.2, 0) is 4.74 Å². The summed E-state index contributed by atoms with van der Waals surface area (Å²) in [4.78, 5) is 20.9. The Labute approximate surface area is 209 Å². The first-order valence-corrected chi connectivity index (χ1v) is 12.0. The number of amides is 1. The first kappa shape index (κ1) is 23.3. The van der Waals surface area contributed by atoms with Crippen molar-refractivity contribution < 1.29 is 22.7 Å². The fourth-order valence-electron chi connectivity index (χ4n) is 4.66. The average molecular weight is 512 g/mol. The van der Waals surface area contributed by atoms with Crippen molar-refractivity contribution in [2.45, 2.75) is 56.3 Å². The number of nitrogens with zero attached hydrogens (tertiary/aromatic N) is 4. The lowest BCUT2D eigenvalue weighted by atomic mass is 10.0. The Balaban J connectivity index is 1.20. The maximum absolute atomic E-state index is 15.2. The molecule has 2 saturated carbocycles. The molecular formula is C25H24F3N7O2. The van der Waals surface area contributed by atoms with Gasteiger partial charge < -0.3 is 15.4 Å². The summed E-state index contributed by atoms with van der Waals surface area (Å²) >= 11 is 0. The van der Waals surface area contributed by atoms with Gasteiger partial charge in [0.05, 0.1) is 5.69 Å². The second kappa shape index (κ2) is 8.79. The van der Waals surface area contributed by atoms with Crippen LogP contribution in [0.3, 0.4) is 0 Å². The first-order chi connectivity index (χ1) is 17.8. The Morgan fingerprint density at radius 1 is 1.16 bits per heavy atom. The van der Waals surface area contributed by atoms with Crippen molar-refractivity contribution in [3.05, 3.63) is 60.1 Å². The zero-order valence-corrected chi connectivity index (χ0v) is 19.8. The molecule has 1 aromatic carbocycles. The van der Waals surface area contributed by atoms with Crippen LogP contribution in [0.4, 0.5) is 29.7 Å². The number of aromatic amines is 1. The minimum absolute atomic E-state index is 0.236. The van der Waals surface area contributed by atoms with Crippen molar-refractivity contribution in [1.29, 1.82) is 0 Å². The molecule has 0 radical (unpaired) electrons. The van der Waals surface area contributed by atoms with Gasteiger partial charge in [-0.3, -0.25) is 9.50 Å². The van der Waals surface area contributed by atoms with E-state index in [9.17, 15) is 13.6 Å². The number of fused-ring (bicyclic) bond motifs is 1. The van der Waals surface area contributed by atoms with Gasteiger partial charge in [0.25, 0.3) is 0 Å². The fourth-order valence-corrected chi connectivity index (χ4v) is 4.66. The minimum atomic E-state index is -1.38. The summed E-state index contributed by atoms with van der Waals surface area (Å²) in [5.41, 5.74) is 1.39. The molecule has 37 heavy (non-hydrogen) atoms. The van der Waals surface area contributed by atoms with E-state index in [1.807, 2.05) is 6.92 Å².